The van der Waals surface area contributed by atoms with Gasteiger partial charge in [-0.15, -0.1) is 0 Å². The molecule has 0 aromatic carbocycles. The van der Waals surface area contributed by atoms with E-state index in [1.165, 1.54) is 10.5 Å². The van der Waals surface area contributed by atoms with Crippen LogP contribution in [-0.4, -0.2) is 68.7 Å². The Morgan fingerprint density at radius 1 is 1.32 bits per heavy atom. The van der Waals surface area contributed by atoms with Gasteiger partial charge in [-0.2, -0.15) is 0 Å². The van der Waals surface area contributed by atoms with Crippen molar-refractivity contribution >= 4 is 63.6 Å². The van der Waals surface area contributed by atoms with Crippen molar-refractivity contribution in [2.45, 2.75) is 39.7 Å². The van der Waals surface area contributed by atoms with Crippen LogP contribution in [0, 0.1) is 5.92 Å². The number of thioether (sulfide) groups is 1. The molecule has 0 bridgehead atoms. The molecule has 0 spiro atoms. The summed E-state index contributed by atoms with van der Waals surface area (Å²) in [6.07, 6.45) is 3.70. The second-order valence-electron chi connectivity index (χ2n) is 9.11. The lowest BCUT2D eigenvalue weighted by Crippen LogP contribution is -2.57. The molecule has 0 radical (unpaired) electrons. The Kier molecular flexibility index (Phi) is 8.28. The van der Waals surface area contributed by atoms with Crippen molar-refractivity contribution < 1.29 is 19.1 Å². The summed E-state index contributed by atoms with van der Waals surface area (Å²) >= 11 is 6.59. The third kappa shape index (κ3) is 5.69. The van der Waals surface area contributed by atoms with Gasteiger partial charge in [0, 0.05) is 25.8 Å². The Morgan fingerprint density at radius 3 is 2.84 bits per heavy atom. The van der Waals surface area contributed by atoms with Gasteiger partial charge in [-0.05, 0) is 37.5 Å². The van der Waals surface area contributed by atoms with Crippen molar-refractivity contribution in [1.82, 2.24) is 19.6 Å². The summed E-state index contributed by atoms with van der Waals surface area (Å²) in [5.74, 6) is -0.525. The Balaban J connectivity index is 1.81. The van der Waals surface area contributed by atoms with Gasteiger partial charge < -0.3 is 15.0 Å². The maximum atomic E-state index is 13.7. The molecule has 2 aromatic rings. The van der Waals surface area contributed by atoms with E-state index in [0.29, 0.717) is 40.4 Å². The molecule has 0 aliphatic carbocycles. The summed E-state index contributed by atoms with van der Waals surface area (Å²) in [4.78, 5) is 60.2. The van der Waals surface area contributed by atoms with E-state index in [9.17, 15) is 19.2 Å². The van der Waals surface area contributed by atoms with Gasteiger partial charge in [0.1, 0.15) is 21.8 Å². The van der Waals surface area contributed by atoms with E-state index in [2.05, 4.69) is 19.2 Å². The first kappa shape index (κ1) is 26.8. The number of hydrogen-bond donors (Lipinski definition) is 1. The number of rotatable bonds is 8. The minimum atomic E-state index is -0.918. The number of anilines is 1. The van der Waals surface area contributed by atoms with Gasteiger partial charge in [0.15, 0.2) is 0 Å². The molecule has 2 amide bonds. The van der Waals surface area contributed by atoms with E-state index in [4.69, 9.17) is 21.9 Å². The Morgan fingerprint density at radius 2 is 2.11 bits per heavy atom. The molecule has 10 nitrogen and oxygen atoms in total. The van der Waals surface area contributed by atoms with Gasteiger partial charge >= 0.3 is 5.97 Å². The van der Waals surface area contributed by atoms with Crippen molar-refractivity contribution in [2.24, 2.45) is 5.92 Å². The molecule has 12 heteroatoms. The Hall–Kier alpha value is -3.25. The van der Waals surface area contributed by atoms with Crippen LogP contribution in [0.2, 0.25) is 0 Å². The van der Waals surface area contributed by atoms with Gasteiger partial charge in [-0.3, -0.25) is 28.5 Å². The average molecular weight is 544 g/mol. The molecule has 2 aliphatic rings. The van der Waals surface area contributed by atoms with E-state index in [-0.39, 0.29) is 36.2 Å². The van der Waals surface area contributed by atoms with Crippen molar-refractivity contribution in [2.75, 3.05) is 31.1 Å². The molecule has 0 saturated carbocycles. The van der Waals surface area contributed by atoms with E-state index < -0.39 is 17.6 Å². The number of hydrogen-bond acceptors (Lipinski definition) is 9. The maximum Gasteiger partial charge on any atom is 0.308 e. The molecule has 1 atom stereocenters. The van der Waals surface area contributed by atoms with Crippen molar-refractivity contribution in [3.63, 3.8) is 0 Å². The van der Waals surface area contributed by atoms with E-state index in [1.54, 1.807) is 41.1 Å². The predicted octanol–water partition coefficient (Wildman–Crippen LogP) is 2.20. The third-order valence-electron chi connectivity index (χ3n) is 6.10. The number of esters is 1. The van der Waals surface area contributed by atoms with Crippen molar-refractivity contribution in [3.05, 3.63) is 45.2 Å². The number of ether oxygens (including phenoxy) is 1. The predicted molar refractivity (Wildman–Crippen MR) is 146 cm³/mol. The van der Waals surface area contributed by atoms with Crippen LogP contribution in [-0.2, 0) is 19.1 Å². The summed E-state index contributed by atoms with van der Waals surface area (Å²) in [5, 5.41) is 2.77. The number of thiocarbonyl (C=S) groups is 1. The van der Waals surface area contributed by atoms with Crippen LogP contribution < -0.4 is 15.8 Å². The molecule has 2 aliphatic heterocycles. The number of amides is 2. The van der Waals surface area contributed by atoms with E-state index >= 15 is 0 Å². The summed E-state index contributed by atoms with van der Waals surface area (Å²) in [5.41, 5.74) is 0.135. The fourth-order valence-electron chi connectivity index (χ4n) is 4.20. The van der Waals surface area contributed by atoms with Crippen LogP contribution in [0.1, 0.15) is 39.2 Å². The third-order valence-corrected chi connectivity index (χ3v) is 7.47. The summed E-state index contributed by atoms with van der Waals surface area (Å²) in [7, 11) is 0. The summed E-state index contributed by atoms with van der Waals surface area (Å²) < 4.78 is 6.90. The number of nitrogens with zero attached hydrogens (tertiary/aromatic N) is 4. The largest absolute Gasteiger partial charge is 0.466 e. The van der Waals surface area contributed by atoms with Crippen molar-refractivity contribution in [3.8, 4) is 0 Å². The summed E-state index contributed by atoms with van der Waals surface area (Å²) in [6, 6.07) is 4.23. The minimum absolute atomic E-state index is 0.150. The Labute approximate surface area is 224 Å². The zero-order chi connectivity index (χ0) is 26.7. The topological polar surface area (TPSA) is 113 Å². The summed E-state index contributed by atoms with van der Waals surface area (Å²) in [6.45, 7) is 7.15. The molecule has 196 valence electrons. The van der Waals surface area contributed by atoms with Gasteiger partial charge in [0.2, 0.25) is 5.91 Å². The normalized spacial score (nSPS) is 19.3. The van der Waals surface area contributed by atoms with E-state index in [1.807, 2.05) is 0 Å². The molecule has 2 fully saturated rings. The zero-order valence-electron chi connectivity index (χ0n) is 20.9. The standard InChI is InChI=1S/C25H29N5O5S2/c1-4-35-20(31)14-17-22(32)26-9-12-28(17)21-16(23(33)29-10-6-5-7-19(29)27-21)13-18-24(34)30(25(36)37-18)11-8-15(2)3/h5-7,10,13,15,17H,4,8-9,11-12,14H2,1-3H3,(H,26,32). The fraction of sp³-hybridized carbons (Fsp3) is 0.440. The van der Waals surface area contributed by atoms with Crippen LogP contribution in [0.25, 0.3) is 11.7 Å². The highest BCUT2D eigenvalue weighted by Gasteiger charge is 2.36. The lowest BCUT2D eigenvalue weighted by molar-refractivity contribution is -0.145. The molecule has 4 rings (SSSR count). The highest BCUT2D eigenvalue weighted by Crippen LogP contribution is 2.34. The van der Waals surface area contributed by atoms with Gasteiger partial charge in [-0.25, -0.2) is 4.98 Å². The number of carbonyl (C=O) groups excluding carboxylic acids is 3. The van der Waals surface area contributed by atoms with Crippen molar-refractivity contribution in [1.29, 1.82) is 0 Å². The lowest BCUT2D eigenvalue weighted by Gasteiger charge is -2.36. The lowest BCUT2D eigenvalue weighted by atomic mass is 10.1. The number of pyridine rings is 1. The number of fused-ring (bicyclic) bond motifs is 1. The van der Waals surface area contributed by atoms with Gasteiger partial charge in [-0.1, -0.05) is 43.9 Å². The number of piperazine rings is 1. The van der Waals surface area contributed by atoms with Gasteiger partial charge in [0.25, 0.3) is 11.5 Å². The minimum Gasteiger partial charge on any atom is -0.466 e. The first-order valence-corrected chi connectivity index (χ1v) is 13.4. The maximum absolute atomic E-state index is 13.7. The zero-order valence-corrected chi connectivity index (χ0v) is 22.6. The number of aromatic nitrogens is 2. The van der Waals surface area contributed by atoms with Crippen LogP contribution in [0.5, 0.6) is 0 Å². The SMILES string of the molecule is CCOC(=O)CC1C(=O)NCCN1c1nc2ccccn2c(=O)c1C=C1SC(=S)N(CCC(C)C)C1=O. The molecule has 4 heterocycles. The second kappa shape index (κ2) is 11.4. The van der Waals surface area contributed by atoms with Crippen LogP contribution in [0.3, 0.4) is 0 Å². The monoisotopic (exact) mass is 543 g/mol. The molecule has 1 unspecified atom stereocenters. The molecule has 1 N–H and O–H groups in total. The highest BCUT2D eigenvalue weighted by molar-refractivity contribution is 8.26. The van der Waals surface area contributed by atoms with Gasteiger partial charge in [0.05, 0.1) is 23.5 Å². The Bertz CT molecular complexity index is 1340. The van der Waals surface area contributed by atoms with E-state index in [0.717, 1.165) is 18.2 Å². The smallest absolute Gasteiger partial charge is 0.308 e. The average Bonchev–Trinajstić information content (AvgIpc) is 3.12. The molecular weight excluding hydrogens is 514 g/mol. The fourth-order valence-corrected chi connectivity index (χ4v) is 5.49. The number of nitrogens with one attached hydrogen (secondary N) is 1. The van der Waals surface area contributed by atoms with Crippen LogP contribution in [0.15, 0.2) is 34.1 Å². The second-order valence-corrected chi connectivity index (χ2v) is 10.8. The first-order chi connectivity index (χ1) is 17.7. The number of carbonyl (C=O) groups is 3. The highest BCUT2D eigenvalue weighted by atomic mass is 32.2. The molecule has 2 aromatic heterocycles. The molecule has 37 heavy (non-hydrogen) atoms. The molecular formula is C25H29N5O5S2. The van der Waals surface area contributed by atoms with Crippen LogP contribution in [0.4, 0.5) is 5.82 Å². The van der Waals surface area contributed by atoms with Crippen LogP contribution >= 0.6 is 24.0 Å². The first-order valence-electron chi connectivity index (χ1n) is 12.2. The quantitative estimate of drug-likeness (QED) is 0.304. The molecule has 2 saturated heterocycles.